The van der Waals surface area contributed by atoms with Crippen LogP contribution in [0.3, 0.4) is 0 Å². The first-order valence-corrected chi connectivity index (χ1v) is 5.80. The maximum atomic E-state index is 10.6. The number of nitro benzene ring substituents is 1. The van der Waals surface area contributed by atoms with Crippen LogP contribution in [0.2, 0.25) is 0 Å². The summed E-state index contributed by atoms with van der Waals surface area (Å²) in [6.45, 7) is 4.16. The lowest BCUT2D eigenvalue weighted by Gasteiger charge is -2.06. The zero-order valence-electron chi connectivity index (χ0n) is 10.0. The van der Waals surface area contributed by atoms with Gasteiger partial charge in [0.25, 0.3) is 5.69 Å². The van der Waals surface area contributed by atoms with E-state index in [4.69, 9.17) is 4.74 Å². The standard InChI is InChI=1S/C12H18N2O3/c1-2-3-8-17-9-7-13-11-5-4-6-12(10-11)14(15)16/h4-6,10,13H,2-3,7-9H2,1H3. The number of non-ortho nitro benzene ring substituents is 1. The van der Waals surface area contributed by atoms with Gasteiger partial charge in [0.2, 0.25) is 0 Å². The third-order valence-corrected chi connectivity index (χ3v) is 2.27. The second-order valence-corrected chi connectivity index (χ2v) is 3.70. The minimum absolute atomic E-state index is 0.0990. The first-order valence-electron chi connectivity index (χ1n) is 5.80. The van der Waals surface area contributed by atoms with Gasteiger partial charge in [-0.2, -0.15) is 0 Å². The van der Waals surface area contributed by atoms with Crippen molar-refractivity contribution in [3.8, 4) is 0 Å². The fourth-order valence-corrected chi connectivity index (χ4v) is 1.35. The van der Waals surface area contributed by atoms with Crippen molar-refractivity contribution in [1.82, 2.24) is 0 Å². The number of ether oxygens (including phenoxy) is 1. The monoisotopic (exact) mass is 238 g/mol. The molecule has 0 saturated heterocycles. The molecule has 94 valence electrons. The van der Waals surface area contributed by atoms with E-state index in [2.05, 4.69) is 12.2 Å². The van der Waals surface area contributed by atoms with Crippen molar-refractivity contribution < 1.29 is 9.66 Å². The van der Waals surface area contributed by atoms with Crippen LogP contribution in [0.5, 0.6) is 0 Å². The second-order valence-electron chi connectivity index (χ2n) is 3.70. The highest BCUT2D eigenvalue weighted by Gasteiger charge is 2.04. The van der Waals surface area contributed by atoms with E-state index in [0.717, 1.165) is 25.1 Å². The maximum absolute atomic E-state index is 10.6. The van der Waals surface area contributed by atoms with Gasteiger partial charge in [0.15, 0.2) is 0 Å². The lowest BCUT2D eigenvalue weighted by Crippen LogP contribution is -2.10. The molecule has 0 aliphatic rings. The lowest BCUT2D eigenvalue weighted by molar-refractivity contribution is -0.384. The lowest BCUT2D eigenvalue weighted by atomic mass is 10.3. The Bertz CT molecular complexity index is 355. The van der Waals surface area contributed by atoms with Crippen LogP contribution in [0.1, 0.15) is 19.8 Å². The Morgan fingerprint density at radius 1 is 1.41 bits per heavy atom. The minimum Gasteiger partial charge on any atom is -0.383 e. The summed E-state index contributed by atoms with van der Waals surface area (Å²) in [5.74, 6) is 0. The summed E-state index contributed by atoms with van der Waals surface area (Å²) in [4.78, 5) is 10.2. The normalized spacial score (nSPS) is 10.2. The van der Waals surface area contributed by atoms with Crippen LogP contribution >= 0.6 is 0 Å². The van der Waals surface area contributed by atoms with Gasteiger partial charge in [0.1, 0.15) is 0 Å². The highest BCUT2D eigenvalue weighted by molar-refractivity contribution is 5.50. The van der Waals surface area contributed by atoms with Crippen LogP contribution in [0.25, 0.3) is 0 Å². The Hall–Kier alpha value is -1.62. The van der Waals surface area contributed by atoms with Gasteiger partial charge in [-0.3, -0.25) is 10.1 Å². The van der Waals surface area contributed by atoms with Gasteiger partial charge in [-0.15, -0.1) is 0 Å². The molecular formula is C12H18N2O3. The Labute approximate surface area is 101 Å². The number of nitro groups is 1. The minimum atomic E-state index is -0.400. The van der Waals surface area contributed by atoms with Gasteiger partial charge in [-0.1, -0.05) is 19.4 Å². The molecule has 0 saturated carbocycles. The number of anilines is 1. The van der Waals surface area contributed by atoms with E-state index in [-0.39, 0.29) is 5.69 Å². The van der Waals surface area contributed by atoms with Crippen LogP contribution in [0.4, 0.5) is 11.4 Å². The molecule has 5 heteroatoms. The molecule has 0 amide bonds. The summed E-state index contributed by atoms with van der Waals surface area (Å²) in [5, 5.41) is 13.6. The van der Waals surface area contributed by atoms with Gasteiger partial charge >= 0.3 is 0 Å². The van der Waals surface area contributed by atoms with E-state index in [0.29, 0.717) is 13.2 Å². The van der Waals surface area contributed by atoms with Crippen LogP contribution in [0.15, 0.2) is 24.3 Å². The second kappa shape index (κ2) is 7.62. The zero-order valence-corrected chi connectivity index (χ0v) is 10.0. The van der Waals surface area contributed by atoms with Gasteiger partial charge in [0, 0.05) is 31.0 Å². The number of unbranched alkanes of at least 4 members (excludes halogenated alkanes) is 1. The third kappa shape index (κ3) is 5.31. The van der Waals surface area contributed by atoms with Crippen molar-refractivity contribution in [2.24, 2.45) is 0 Å². The Morgan fingerprint density at radius 2 is 2.24 bits per heavy atom. The van der Waals surface area contributed by atoms with Crippen LogP contribution in [0, 0.1) is 10.1 Å². The number of rotatable bonds is 8. The quantitative estimate of drug-likeness (QED) is 0.429. The van der Waals surface area contributed by atoms with Crippen molar-refractivity contribution in [3.63, 3.8) is 0 Å². The molecule has 1 rings (SSSR count). The Balaban J connectivity index is 2.27. The molecule has 0 fully saturated rings. The van der Waals surface area contributed by atoms with Crippen LogP contribution in [-0.2, 0) is 4.74 Å². The number of hydrogen-bond acceptors (Lipinski definition) is 4. The molecule has 0 heterocycles. The number of nitrogens with zero attached hydrogens (tertiary/aromatic N) is 1. The molecule has 0 bridgehead atoms. The molecule has 0 atom stereocenters. The molecule has 1 aromatic carbocycles. The number of hydrogen-bond donors (Lipinski definition) is 1. The van der Waals surface area contributed by atoms with E-state index >= 15 is 0 Å². The predicted molar refractivity (Wildman–Crippen MR) is 67.3 cm³/mol. The molecule has 17 heavy (non-hydrogen) atoms. The number of benzene rings is 1. The van der Waals surface area contributed by atoms with Crippen molar-refractivity contribution in [2.45, 2.75) is 19.8 Å². The fourth-order valence-electron chi connectivity index (χ4n) is 1.35. The van der Waals surface area contributed by atoms with E-state index in [9.17, 15) is 10.1 Å². The summed E-state index contributed by atoms with van der Waals surface area (Å²) in [6.07, 6.45) is 2.19. The van der Waals surface area contributed by atoms with Crippen molar-refractivity contribution in [1.29, 1.82) is 0 Å². The van der Waals surface area contributed by atoms with E-state index in [1.54, 1.807) is 12.1 Å². The van der Waals surface area contributed by atoms with Gasteiger partial charge in [-0.25, -0.2) is 0 Å². The summed E-state index contributed by atoms with van der Waals surface area (Å²) in [6, 6.07) is 6.46. The largest absolute Gasteiger partial charge is 0.383 e. The highest BCUT2D eigenvalue weighted by atomic mass is 16.6. The third-order valence-electron chi connectivity index (χ3n) is 2.27. The summed E-state index contributed by atoms with van der Waals surface area (Å²) in [7, 11) is 0. The molecule has 1 aromatic rings. The van der Waals surface area contributed by atoms with Crippen molar-refractivity contribution >= 4 is 11.4 Å². The molecule has 0 unspecified atom stereocenters. The Kier molecular flexibility index (Phi) is 6.03. The highest BCUT2D eigenvalue weighted by Crippen LogP contribution is 2.16. The van der Waals surface area contributed by atoms with Gasteiger partial charge in [0.05, 0.1) is 11.5 Å². The molecule has 1 N–H and O–H groups in total. The van der Waals surface area contributed by atoms with E-state index < -0.39 is 4.92 Å². The topological polar surface area (TPSA) is 64.4 Å². The first kappa shape index (κ1) is 13.4. The first-order chi connectivity index (χ1) is 8.24. The van der Waals surface area contributed by atoms with Gasteiger partial charge < -0.3 is 10.1 Å². The summed E-state index contributed by atoms with van der Waals surface area (Å²) in [5.41, 5.74) is 0.847. The summed E-state index contributed by atoms with van der Waals surface area (Å²) >= 11 is 0. The molecule has 0 radical (unpaired) electrons. The average molecular weight is 238 g/mol. The van der Waals surface area contributed by atoms with Crippen molar-refractivity contribution in [3.05, 3.63) is 34.4 Å². The Morgan fingerprint density at radius 3 is 2.94 bits per heavy atom. The van der Waals surface area contributed by atoms with E-state index in [1.165, 1.54) is 12.1 Å². The predicted octanol–water partition coefficient (Wildman–Crippen LogP) is 2.82. The van der Waals surface area contributed by atoms with Crippen LogP contribution in [-0.4, -0.2) is 24.7 Å². The maximum Gasteiger partial charge on any atom is 0.271 e. The summed E-state index contributed by atoms with van der Waals surface area (Å²) < 4.78 is 5.38. The SMILES string of the molecule is CCCCOCCNc1cccc([N+](=O)[O-])c1. The van der Waals surface area contributed by atoms with Crippen molar-refractivity contribution in [2.75, 3.05) is 25.1 Å². The molecule has 0 aliphatic heterocycles. The van der Waals surface area contributed by atoms with Gasteiger partial charge in [-0.05, 0) is 12.5 Å². The van der Waals surface area contributed by atoms with E-state index in [1.807, 2.05) is 0 Å². The smallest absolute Gasteiger partial charge is 0.271 e. The molecular weight excluding hydrogens is 220 g/mol. The van der Waals surface area contributed by atoms with Crippen LogP contribution < -0.4 is 5.32 Å². The fraction of sp³-hybridized carbons (Fsp3) is 0.500. The average Bonchev–Trinajstić information content (AvgIpc) is 2.34. The molecule has 5 nitrogen and oxygen atoms in total. The zero-order chi connectivity index (χ0) is 12.5. The molecule has 0 spiro atoms. The molecule has 0 aliphatic carbocycles. The number of nitrogens with one attached hydrogen (secondary N) is 1. The molecule has 0 aromatic heterocycles.